The molecule has 0 aromatic rings. The predicted molar refractivity (Wildman–Crippen MR) is 235 cm³/mol. The van der Waals surface area contributed by atoms with Crippen LogP contribution in [0.1, 0.15) is 245 Å². The summed E-state index contributed by atoms with van der Waals surface area (Å²) in [5.74, 6) is -0.139. The minimum Gasteiger partial charge on any atom is -0.394 e. The van der Waals surface area contributed by atoms with Crippen LogP contribution in [0.5, 0.6) is 0 Å². The van der Waals surface area contributed by atoms with Gasteiger partial charge in [-0.05, 0) is 12.8 Å². The largest absolute Gasteiger partial charge is 0.394 e. The van der Waals surface area contributed by atoms with Crippen molar-refractivity contribution < 1.29 is 39.8 Å². The summed E-state index contributed by atoms with van der Waals surface area (Å²) < 4.78 is 11.3. The summed E-state index contributed by atoms with van der Waals surface area (Å²) in [4.78, 5) is 13.0. The molecule has 1 heterocycles. The van der Waals surface area contributed by atoms with E-state index in [1.54, 1.807) is 0 Å². The minimum absolute atomic E-state index is 0.131. The van der Waals surface area contributed by atoms with E-state index in [0.29, 0.717) is 12.8 Å². The number of hydrogen-bond donors (Lipinski definition) is 6. The number of rotatable bonds is 42. The van der Waals surface area contributed by atoms with Gasteiger partial charge in [-0.2, -0.15) is 0 Å². The van der Waals surface area contributed by atoms with Gasteiger partial charge in [0.15, 0.2) is 6.29 Å². The molecule has 0 aromatic carbocycles. The number of carbonyl (C=O) groups excluding carboxylic acids is 1. The van der Waals surface area contributed by atoms with Gasteiger partial charge in [0.2, 0.25) is 5.91 Å². The number of unbranched alkanes of at least 4 members (excludes halogenated alkanes) is 32. The molecule has 1 aliphatic heterocycles. The molecule has 0 aromatic heterocycles. The van der Waals surface area contributed by atoms with E-state index >= 15 is 0 Å². The Morgan fingerprint density at radius 1 is 0.526 bits per heavy atom. The Morgan fingerprint density at radius 3 is 1.25 bits per heavy atom. The molecule has 57 heavy (non-hydrogen) atoms. The predicted octanol–water partition coefficient (Wildman–Crippen LogP) is 10.7. The van der Waals surface area contributed by atoms with Crippen LogP contribution in [0, 0.1) is 0 Å². The molecule has 9 nitrogen and oxygen atoms in total. The van der Waals surface area contributed by atoms with Crippen LogP contribution >= 0.6 is 0 Å². The summed E-state index contributed by atoms with van der Waals surface area (Å²) in [5, 5.41) is 54.4. The fourth-order valence-corrected chi connectivity index (χ4v) is 8.22. The zero-order valence-corrected chi connectivity index (χ0v) is 37.4. The molecule has 340 valence electrons. The van der Waals surface area contributed by atoms with Gasteiger partial charge >= 0.3 is 0 Å². The molecule has 2 unspecified atom stereocenters. The van der Waals surface area contributed by atoms with E-state index in [0.717, 1.165) is 38.5 Å². The summed E-state index contributed by atoms with van der Waals surface area (Å²) in [6.07, 6.45) is 36.8. The van der Waals surface area contributed by atoms with Crippen LogP contribution in [-0.4, -0.2) is 87.5 Å². The van der Waals surface area contributed by atoms with Crippen molar-refractivity contribution in [3.05, 3.63) is 0 Å². The van der Waals surface area contributed by atoms with Crippen LogP contribution in [0.25, 0.3) is 0 Å². The highest BCUT2D eigenvalue weighted by Gasteiger charge is 2.44. The molecule has 1 amide bonds. The molecule has 7 atom stereocenters. The normalized spacial score (nSPS) is 20.9. The highest BCUT2D eigenvalue weighted by Crippen LogP contribution is 2.23. The van der Waals surface area contributed by atoms with E-state index in [-0.39, 0.29) is 12.5 Å². The van der Waals surface area contributed by atoms with Crippen molar-refractivity contribution in [2.45, 2.75) is 288 Å². The topological polar surface area (TPSA) is 149 Å². The van der Waals surface area contributed by atoms with Crippen molar-refractivity contribution in [2.75, 3.05) is 13.2 Å². The van der Waals surface area contributed by atoms with Gasteiger partial charge in [0.05, 0.1) is 25.4 Å². The van der Waals surface area contributed by atoms with E-state index in [1.165, 1.54) is 180 Å². The Kier molecular flexibility index (Phi) is 37.4. The Hall–Kier alpha value is -0.810. The fraction of sp³-hybridized carbons (Fsp3) is 0.979. The molecule has 0 spiro atoms. The van der Waals surface area contributed by atoms with E-state index in [1.807, 2.05) is 0 Å². The number of carbonyl (C=O) groups is 1. The maximum atomic E-state index is 13.0. The SMILES string of the molecule is CCCCCCCCCCCCCCCCCCCCC(=O)N[C@@H](CO[C@@H]1O[C@H](CO)[C@@H](O)C(O)C1O)[C@H](O)CCCCCCCCCCCCCCCCCC. The van der Waals surface area contributed by atoms with E-state index in [4.69, 9.17) is 9.47 Å². The number of ether oxygens (including phenoxy) is 2. The lowest BCUT2D eigenvalue weighted by molar-refractivity contribution is -0.302. The molecule has 9 heteroatoms. The Labute approximate surface area is 351 Å². The first-order chi connectivity index (χ1) is 27.8. The second-order valence-electron chi connectivity index (χ2n) is 17.6. The van der Waals surface area contributed by atoms with Crippen LogP contribution in [-0.2, 0) is 14.3 Å². The molecule has 0 radical (unpaired) electrons. The third-order valence-corrected chi connectivity index (χ3v) is 12.2. The molecule has 1 fully saturated rings. The minimum atomic E-state index is -1.55. The van der Waals surface area contributed by atoms with Crippen LogP contribution < -0.4 is 5.32 Å². The number of aliphatic hydroxyl groups excluding tert-OH is 5. The first-order valence-corrected chi connectivity index (χ1v) is 24.7. The maximum Gasteiger partial charge on any atom is 0.220 e. The van der Waals surface area contributed by atoms with E-state index in [2.05, 4.69) is 19.2 Å². The molecule has 1 aliphatic rings. The van der Waals surface area contributed by atoms with Gasteiger partial charge in [0, 0.05) is 6.42 Å². The third-order valence-electron chi connectivity index (χ3n) is 12.2. The van der Waals surface area contributed by atoms with Gasteiger partial charge in [0.25, 0.3) is 0 Å². The summed E-state index contributed by atoms with van der Waals surface area (Å²) in [5.41, 5.74) is 0. The van der Waals surface area contributed by atoms with Crippen LogP contribution in [0.2, 0.25) is 0 Å². The number of aliphatic hydroxyl groups is 5. The third kappa shape index (κ3) is 30.0. The van der Waals surface area contributed by atoms with Crippen molar-refractivity contribution in [1.29, 1.82) is 0 Å². The van der Waals surface area contributed by atoms with Gasteiger partial charge in [-0.3, -0.25) is 4.79 Å². The van der Waals surface area contributed by atoms with Crippen LogP contribution in [0.3, 0.4) is 0 Å². The van der Waals surface area contributed by atoms with Crippen LogP contribution in [0.4, 0.5) is 0 Å². The van der Waals surface area contributed by atoms with Gasteiger partial charge < -0.3 is 40.3 Å². The molecule has 0 aliphatic carbocycles. The monoisotopic (exact) mass is 814 g/mol. The average molecular weight is 814 g/mol. The molecule has 1 rings (SSSR count). The van der Waals surface area contributed by atoms with Gasteiger partial charge in [-0.1, -0.05) is 226 Å². The number of nitrogens with one attached hydrogen (secondary N) is 1. The van der Waals surface area contributed by atoms with Crippen molar-refractivity contribution >= 4 is 5.91 Å². The lowest BCUT2D eigenvalue weighted by atomic mass is 9.99. The molecule has 6 N–H and O–H groups in total. The van der Waals surface area contributed by atoms with Crippen LogP contribution in [0.15, 0.2) is 0 Å². The average Bonchev–Trinajstić information content (AvgIpc) is 3.21. The molecular formula is C48H95NO8. The highest BCUT2D eigenvalue weighted by molar-refractivity contribution is 5.76. The summed E-state index contributed by atoms with van der Waals surface area (Å²) in [7, 11) is 0. The zero-order chi connectivity index (χ0) is 41.6. The summed E-state index contributed by atoms with van der Waals surface area (Å²) >= 11 is 0. The molecule has 0 bridgehead atoms. The Balaban J connectivity index is 2.28. The summed E-state index contributed by atoms with van der Waals surface area (Å²) in [6, 6.07) is -0.711. The van der Waals surface area contributed by atoms with Gasteiger partial charge in [-0.15, -0.1) is 0 Å². The van der Waals surface area contributed by atoms with Crippen molar-refractivity contribution in [3.8, 4) is 0 Å². The number of amides is 1. The Morgan fingerprint density at radius 2 is 0.877 bits per heavy atom. The van der Waals surface area contributed by atoms with Crippen molar-refractivity contribution in [1.82, 2.24) is 5.32 Å². The highest BCUT2D eigenvalue weighted by atomic mass is 16.7. The second-order valence-corrected chi connectivity index (χ2v) is 17.6. The molecule has 0 saturated carbocycles. The van der Waals surface area contributed by atoms with Crippen molar-refractivity contribution in [3.63, 3.8) is 0 Å². The first-order valence-electron chi connectivity index (χ1n) is 24.7. The Bertz CT molecular complexity index is 862. The lowest BCUT2D eigenvalue weighted by Crippen LogP contribution is -2.60. The van der Waals surface area contributed by atoms with E-state index < -0.39 is 49.5 Å². The lowest BCUT2D eigenvalue weighted by Gasteiger charge is -2.40. The maximum absolute atomic E-state index is 13.0. The molecular weight excluding hydrogens is 719 g/mol. The van der Waals surface area contributed by atoms with Gasteiger partial charge in [0.1, 0.15) is 24.4 Å². The smallest absolute Gasteiger partial charge is 0.220 e. The van der Waals surface area contributed by atoms with Gasteiger partial charge in [-0.25, -0.2) is 0 Å². The van der Waals surface area contributed by atoms with Crippen molar-refractivity contribution in [2.24, 2.45) is 0 Å². The number of hydrogen-bond acceptors (Lipinski definition) is 8. The standard InChI is InChI=1S/C48H95NO8/c1-3-5-7-9-11-13-15-17-19-21-22-24-26-28-30-32-34-36-38-44(52)49-41(40-56-48-47(55)46(54)45(53)43(39-50)57-48)42(51)37-35-33-31-29-27-25-23-20-18-16-14-12-10-8-6-4-2/h41-43,45-48,50-51,53-55H,3-40H2,1-2H3,(H,49,52)/t41-,42+,43+,45+,46?,47?,48+/m0/s1. The van der Waals surface area contributed by atoms with E-state index in [9.17, 15) is 30.3 Å². The molecule has 1 saturated heterocycles. The fourth-order valence-electron chi connectivity index (χ4n) is 8.22. The quantitative estimate of drug-likeness (QED) is 0.0334. The first kappa shape index (κ1) is 54.2. The summed E-state index contributed by atoms with van der Waals surface area (Å²) in [6.45, 7) is 3.86. The zero-order valence-electron chi connectivity index (χ0n) is 37.4. The second kappa shape index (κ2) is 39.3.